The van der Waals surface area contributed by atoms with Crippen molar-refractivity contribution in [3.8, 4) is 5.75 Å². The van der Waals surface area contributed by atoms with Crippen LogP contribution in [0.25, 0.3) is 10.8 Å². The number of amides is 1. The fourth-order valence-electron chi connectivity index (χ4n) is 2.94. The summed E-state index contributed by atoms with van der Waals surface area (Å²) < 4.78 is 24.1. The zero-order valence-electron chi connectivity index (χ0n) is 14.9. The summed E-state index contributed by atoms with van der Waals surface area (Å²) in [4.78, 5) is 24.3. The number of aromatic carboxylic acids is 1. The van der Waals surface area contributed by atoms with Crippen LogP contribution >= 0.6 is 11.6 Å². The monoisotopic (exact) mass is 415 g/mol. The summed E-state index contributed by atoms with van der Waals surface area (Å²) in [6.45, 7) is 0.826. The van der Waals surface area contributed by atoms with Gasteiger partial charge in [0.2, 0.25) is 0 Å². The lowest BCUT2D eigenvalue weighted by atomic mass is 10.1. The standard InChI is InChI=1S/C21H15ClFNO5/c22-17-7-16(21(26)27)18(8-19(17)29-15-9-28-10-15)24-20(25)13-2-1-12-6-14(23)4-3-11(12)5-13/h1-8,15H,9-10H2,(H,24,25)(H,26,27). The number of carboxylic acid groups (broad SMARTS) is 1. The van der Waals surface area contributed by atoms with Crippen LogP contribution < -0.4 is 10.1 Å². The van der Waals surface area contributed by atoms with E-state index in [1.54, 1.807) is 18.2 Å². The van der Waals surface area contributed by atoms with E-state index in [4.69, 9.17) is 21.1 Å². The summed E-state index contributed by atoms with van der Waals surface area (Å²) in [5.74, 6) is -1.87. The molecule has 2 N–H and O–H groups in total. The van der Waals surface area contributed by atoms with E-state index < -0.39 is 11.9 Å². The van der Waals surface area contributed by atoms with E-state index in [1.807, 2.05) is 0 Å². The number of anilines is 1. The summed E-state index contributed by atoms with van der Waals surface area (Å²) in [7, 11) is 0. The van der Waals surface area contributed by atoms with Crippen LogP contribution in [0.15, 0.2) is 48.5 Å². The van der Waals surface area contributed by atoms with E-state index in [1.165, 1.54) is 30.3 Å². The molecule has 0 saturated carbocycles. The van der Waals surface area contributed by atoms with Crippen LogP contribution in [0.1, 0.15) is 20.7 Å². The smallest absolute Gasteiger partial charge is 0.337 e. The van der Waals surface area contributed by atoms with E-state index >= 15 is 0 Å². The fraction of sp³-hybridized carbons (Fsp3) is 0.143. The molecule has 0 bridgehead atoms. The molecule has 1 aliphatic heterocycles. The van der Waals surface area contributed by atoms with Gasteiger partial charge in [0.25, 0.3) is 5.91 Å². The van der Waals surface area contributed by atoms with Crippen molar-refractivity contribution in [2.75, 3.05) is 18.5 Å². The predicted octanol–water partition coefficient (Wildman–Crippen LogP) is 4.36. The van der Waals surface area contributed by atoms with E-state index in [2.05, 4.69) is 5.32 Å². The number of halogens is 2. The Morgan fingerprint density at radius 1 is 1.10 bits per heavy atom. The maximum Gasteiger partial charge on any atom is 0.337 e. The molecule has 1 saturated heterocycles. The second kappa shape index (κ2) is 7.69. The third-order valence-electron chi connectivity index (χ3n) is 4.52. The van der Waals surface area contributed by atoms with Gasteiger partial charge in [-0.25, -0.2) is 9.18 Å². The average molecular weight is 416 g/mol. The highest BCUT2D eigenvalue weighted by Crippen LogP contribution is 2.33. The van der Waals surface area contributed by atoms with Crippen molar-refractivity contribution in [1.82, 2.24) is 0 Å². The van der Waals surface area contributed by atoms with E-state index in [0.717, 1.165) is 0 Å². The third-order valence-corrected chi connectivity index (χ3v) is 4.81. The Bertz CT molecular complexity index is 1130. The first-order chi connectivity index (χ1) is 13.9. The number of fused-ring (bicyclic) bond motifs is 1. The van der Waals surface area contributed by atoms with Gasteiger partial charge in [-0.05, 0) is 41.1 Å². The van der Waals surface area contributed by atoms with Gasteiger partial charge in [-0.1, -0.05) is 23.7 Å². The van der Waals surface area contributed by atoms with Gasteiger partial charge < -0.3 is 19.9 Å². The van der Waals surface area contributed by atoms with Gasteiger partial charge in [0.1, 0.15) is 17.7 Å². The second-order valence-corrected chi connectivity index (χ2v) is 6.98. The van der Waals surface area contributed by atoms with Crippen molar-refractivity contribution in [2.24, 2.45) is 0 Å². The maximum absolute atomic E-state index is 13.3. The highest BCUT2D eigenvalue weighted by molar-refractivity contribution is 6.32. The molecule has 0 radical (unpaired) electrons. The van der Waals surface area contributed by atoms with E-state index in [9.17, 15) is 19.1 Å². The highest BCUT2D eigenvalue weighted by atomic mass is 35.5. The lowest BCUT2D eigenvalue weighted by molar-refractivity contribution is -0.0796. The lowest BCUT2D eigenvalue weighted by Gasteiger charge is -2.27. The van der Waals surface area contributed by atoms with Crippen molar-refractivity contribution >= 4 is 39.9 Å². The van der Waals surface area contributed by atoms with Gasteiger partial charge in [0, 0.05) is 11.6 Å². The minimum absolute atomic E-state index is 0.0568. The molecule has 0 spiro atoms. The van der Waals surface area contributed by atoms with Crippen LogP contribution in [0.5, 0.6) is 5.75 Å². The molecule has 29 heavy (non-hydrogen) atoms. The van der Waals surface area contributed by atoms with Crippen molar-refractivity contribution in [1.29, 1.82) is 0 Å². The number of carboxylic acids is 1. The molecule has 8 heteroatoms. The van der Waals surface area contributed by atoms with Gasteiger partial charge in [0.05, 0.1) is 29.5 Å². The molecule has 0 atom stereocenters. The van der Waals surface area contributed by atoms with Gasteiger partial charge in [-0.15, -0.1) is 0 Å². The number of benzene rings is 3. The number of nitrogens with one attached hydrogen (secondary N) is 1. The van der Waals surface area contributed by atoms with E-state index in [-0.39, 0.29) is 33.9 Å². The molecule has 1 heterocycles. The zero-order chi connectivity index (χ0) is 20.5. The molecule has 4 rings (SSSR count). The topological polar surface area (TPSA) is 84.9 Å². The Labute approximate surface area is 169 Å². The molecule has 0 aromatic heterocycles. The molecule has 1 amide bonds. The molecule has 148 valence electrons. The minimum atomic E-state index is -1.24. The summed E-state index contributed by atoms with van der Waals surface area (Å²) in [5.41, 5.74) is 0.190. The van der Waals surface area contributed by atoms with Crippen molar-refractivity contribution < 1.29 is 28.6 Å². The Morgan fingerprint density at radius 2 is 1.83 bits per heavy atom. The highest BCUT2D eigenvalue weighted by Gasteiger charge is 2.23. The summed E-state index contributed by atoms with van der Waals surface area (Å²) >= 11 is 6.13. The van der Waals surface area contributed by atoms with Gasteiger partial charge in [0.15, 0.2) is 0 Å². The summed E-state index contributed by atoms with van der Waals surface area (Å²) in [6.07, 6.45) is -0.174. The number of hydrogen-bond donors (Lipinski definition) is 2. The van der Waals surface area contributed by atoms with Crippen LogP contribution in [-0.4, -0.2) is 36.3 Å². The van der Waals surface area contributed by atoms with Crippen LogP contribution in [0, 0.1) is 5.82 Å². The van der Waals surface area contributed by atoms with Crippen LogP contribution in [0.2, 0.25) is 5.02 Å². The van der Waals surface area contributed by atoms with Crippen LogP contribution in [0.3, 0.4) is 0 Å². The largest absolute Gasteiger partial charge is 0.484 e. The second-order valence-electron chi connectivity index (χ2n) is 6.57. The van der Waals surface area contributed by atoms with Gasteiger partial charge >= 0.3 is 5.97 Å². The molecule has 0 aliphatic carbocycles. The molecule has 1 fully saturated rings. The lowest BCUT2D eigenvalue weighted by Crippen LogP contribution is -2.38. The number of ether oxygens (including phenoxy) is 2. The first kappa shape index (κ1) is 19.2. The van der Waals surface area contributed by atoms with Crippen LogP contribution in [-0.2, 0) is 4.74 Å². The Kier molecular flexibility index (Phi) is 5.08. The SMILES string of the molecule is O=C(Nc1cc(OC2COC2)c(Cl)cc1C(=O)O)c1ccc2cc(F)ccc2c1. The Morgan fingerprint density at radius 3 is 2.52 bits per heavy atom. The Hall–Kier alpha value is -3.16. The van der Waals surface area contributed by atoms with Crippen molar-refractivity contribution in [3.05, 3.63) is 70.5 Å². The van der Waals surface area contributed by atoms with Crippen molar-refractivity contribution in [2.45, 2.75) is 6.10 Å². The van der Waals surface area contributed by atoms with E-state index in [0.29, 0.717) is 29.5 Å². The summed E-state index contributed by atoms with van der Waals surface area (Å²) in [6, 6.07) is 11.6. The normalized spacial score (nSPS) is 13.7. The molecule has 0 unspecified atom stereocenters. The number of rotatable bonds is 5. The molecule has 3 aromatic rings. The molecule has 3 aromatic carbocycles. The average Bonchev–Trinajstić information content (AvgIpc) is 2.65. The van der Waals surface area contributed by atoms with Crippen molar-refractivity contribution in [3.63, 3.8) is 0 Å². The summed E-state index contributed by atoms with van der Waals surface area (Å²) in [5, 5.41) is 13.5. The van der Waals surface area contributed by atoms with Gasteiger partial charge in [-0.2, -0.15) is 0 Å². The predicted molar refractivity (Wildman–Crippen MR) is 106 cm³/mol. The maximum atomic E-state index is 13.3. The first-order valence-corrected chi connectivity index (χ1v) is 9.10. The number of carbonyl (C=O) groups excluding carboxylic acids is 1. The first-order valence-electron chi connectivity index (χ1n) is 8.72. The molecule has 6 nitrogen and oxygen atoms in total. The van der Waals surface area contributed by atoms with Gasteiger partial charge in [-0.3, -0.25) is 4.79 Å². The quantitative estimate of drug-likeness (QED) is 0.646. The Balaban J connectivity index is 1.64. The molecular formula is C21H15ClFNO5. The molecule has 1 aliphatic rings. The number of hydrogen-bond acceptors (Lipinski definition) is 4. The minimum Gasteiger partial charge on any atom is -0.484 e. The fourth-order valence-corrected chi connectivity index (χ4v) is 3.15. The van der Waals surface area contributed by atoms with Crippen LogP contribution in [0.4, 0.5) is 10.1 Å². The number of carbonyl (C=O) groups is 2. The zero-order valence-corrected chi connectivity index (χ0v) is 15.7. The molecular weight excluding hydrogens is 401 g/mol. The third kappa shape index (κ3) is 4.01.